The Morgan fingerprint density at radius 1 is 1.30 bits per heavy atom. The maximum atomic E-state index is 12.8. The molecular formula is C18H18FN3O4S. The van der Waals surface area contributed by atoms with E-state index in [4.69, 9.17) is 9.47 Å². The van der Waals surface area contributed by atoms with Crippen LogP contribution in [0.2, 0.25) is 0 Å². The van der Waals surface area contributed by atoms with Gasteiger partial charge in [0.2, 0.25) is 4.96 Å². The molecule has 0 atom stereocenters. The van der Waals surface area contributed by atoms with Gasteiger partial charge < -0.3 is 9.47 Å². The molecule has 7 nitrogen and oxygen atoms in total. The van der Waals surface area contributed by atoms with Crippen molar-refractivity contribution in [1.29, 1.82) is 0 Å². The van der Waals surface area contributed by atoms with Gasteiger partial charge in [-0.1, -0.05) is 25.2 Å². The highest BCUT2D eigenvalue weighted by atomic mass is 32.1. The minimum Gasteiger partial charge on any atom is -0.482 e. The number of esters is 1. The van der Waals surface area contributed by atoms with Crippen molar-refractivity contribution in [2.75, 3.05) is 6.61 Å². The van der Waals surface area contributed by atoms with E-state index in [9.17, 15) is 14.0 Å². The first-order chi connectivity index (χ1) is 12.9. The second-order valence-electron chi connectivity index (χ2n) is 6.28. The summed E-state index contributed by atoms with van der Waals surface area (Å²) in [5, 5.41) is 5.09. The van der Waals surface area contributed by atoms with Crippen LogP contribution in [0.5, 0.6) is 5.75 Å². The second kappa shape index (κ2) is 8.26. The number of carbonyl (C=O) groups excluding carboxylic acids is 1. The lowest BCUT2D eigenvalue weighted by atomic mass is 10.1. The Hall–Kier alpha value is -2.81. The van der Waals surface area contributed by atoms with Gasteiger partial charge in [0.1, 0.15) is 23.2 Å². The van der Waals surface area contributed by atoms with E-state index < -0.39 is 11.8 Å². The molecular weight excluding hydrogens is 373 g/mol. The molecule has 0 radical (unpaired) electrons. The summed E-state index contributed by atoms with van der Waals surface area (Å²) in [7, 11) is 0. The summed E-state index contributed by atoms with van der Waals surface area (Å²) in [6.45, 7) is 3.67. The Labute approximate surface area is 158 Å². The van der Waals surface area contributed by atoms with Crippen molar-refractivity contribution < 1.29 is 18.7 Å². The highest BCUT2D eigenvalue weighted by Crippen LogP contribution is 2.15. The first-order valence-corrected chi connectivity index (χ1v) is 9.15. The van der Waals surface area contributed by atoms with Crippen LogP contribution in [0.25, 0.3) is 4.96 Å². The fraction of sp³-hybridized carbons (Fsp3) is 0.333. The molecule has 1 aromatic carbocycles. The molecule has 3 rings (SSSR count). The van der Waals surface area contributed by atoms with Gasteiger partial charge in [0, 0.05) is 12.5 Å². The number of rotatable bonds is 7. The fourth-order valence-corrected chi connectivity index (χ4v) is 3.40. The smallest absolute Gasteiger partial charge is 0.344 e. The Bertz CT molecular complexity index is 998. The fourth-order valence-electron chi connectivity index (χ4n) is 2.27. The summed E-state index contributed by atoms with van der Waals surface area (Å²) in [6.07, 6.45) is 0.762. The van der Waals surface area contributed by atoms with Crippen molar-refractivity contribution in [1.82, 2.24) is 14.6 Å². The third-order valence-corrected chi connectivity index (χ3v) is 4.40. The van der Waals surface area contributed by atoms with Crippen molar-refractivity contribution in [3.63, 3.8) is 0 Å². The van der Waals surface area contributed by atoms with Gasteiger partial charge in [-0.25, -0.2) is 14.2 Å². The molecule has 142 valence electrons. The van der Waals surface area contributed by atoms with E-state index in [1.54, 1.807) is 0 Å². The van der Waals surface area contributed by atoms with Crippen LogP contribution < -0.4 is 10.3 Å². The Kier molecular flexibility index (Phi) is 5.80. The standard InChI is InChI=1S/C18H18FN3O4S/c1-11(2)7-15-21-22-16(23)8-13(20-18(22)27-15)9-26-17(24)10-25-14-5-3-12(19)4-6-14/h3-6,8,11H,7,9-10H2,1-2H3. The van der Waals surface area contributed by atoms with Crippen LogP contribution in [0.1, 0.15) is 24.5 Å². The maximum absolute atomic E-state index is 12.8. The molecule has 0 spiro atoms. The first kappa shape index (κ1) is 19.0. The van der Waals surface area contributed by atoms with Crippen LogP contribution in [0, 0.1) is 11.7 Å². The number of hydrogen-bond acceptors (Lipinski definition) is 7. The number of fused-ring (bicyclic) bond motifs is 1. The molecule has 3 aromatic rings. The molecule has 9 heteroatoms. The van der Waals surface area contributed by atoms with Crippen LogP contribution in [-0.4, -0.2) is 27.2 Å². The second-order valence-corrected chi connectivity index (χ2v) is 7.32. The van der Waals surface area contributed by atoms with Gasteiger partial charge in [-0.3, -0.25) is 4.79 Å². The highest BCUT2D eigenvalue weighted by Gasteiger charge is 2.12. The van der Waals surface area contributed by atoms with Gasteiger partial charge in [-0.15, -0.1) is 0 Å². The largest absolute Gasteiger partial charge is 0.482 e. The van der Waals surface area contributed by atoms with Gasteiger partial charge in [-0.05, 0) is 30.2 Å². The predicted molar refractivity (Wildman–Crippen MR) is 97.4 cm³/mol. The zero-order chi connectivity index (χ0) is 19.4. The third-order valence-electron chi connectivity index (χ3n) is 3.47. The lowest BCUT2D eigenvalue weighted by Crippen LogP contribution is -2.18. The van der Waals surface area contributed by atoms with Crippen LogP contribution in [0.4, 0.5) is 4.39 Å². The summed E-state index contributed by atoms with van der Waals surface area (Å²) in [5.41, 5.74) is 0.0229. The van der Waals surface area contributed by atoms with Crippen molar-refractivity contribution in [3.8, 4) is 5.75 Å². The lowest BCUT2D eigenvalue weighted by molar-refractivity contribution is -0.147. The number of carbonyl (C=O) groups is 1. The average Bonchev–Trinajstić information content (AvgIpc) is 3.01. The summed E-state index contributed by atoms with van der Waals surface area (Å²) in [6, 6.07) is 6.58. The normalized spacial score (nSPS) is 11.1. The first-order valence-electron chi connectivity index (χ1n) is 8.33. The molecule has 0 bridgehead atoms. The number of benzene rings is 1. The minimum absolute atomic E-state index is 0.144. The number of hydrogen-bond donors (Lipinski definition) is 0. The minimum atomic E-state index is -0.619. The van der Waals surface area contributed by atoms with Gasteiger partial charge in [0.05, 0.1) is 5.69 Å². The van der Waals surface area contributed by atoms with Crippen molar-refractivity contribution >= 4 is 22.3 Å². The molecule has 0 amide bonds. The molecule has 0 aliphatic rings. The molecule has 0 fully saturated rings. The van der Waals surface area contributed by atoms with Crippen LogP contribution >= 0.6 is 11.3 Å². The van der Waals surface area contributed by atoms with Crippen molar-refractivity contribution in [2.24, 2.45) is 5.92 Å². The van der Waals surface area contributed by atoms with Gasteiger partial charge in [0.25, 0.3) is 5.56 Å². The van der Waals surface area contributed by atoms with E-state index in [0.29, 0.717) is 22.3 Å². The summed E-state index contributed by atoms with van der Waals surface area (Å²) in [5.74, 6) is -0.236. The Morgan fingerprint density at radius 3 is 2.74 bits per heavy atom. The molecule has 0 aliphatic carbocycles. The average molecular weight is 391 g/mol. The number of halogens is 1. The topological polar surface area (TPSA) is 82.8 Å². The molecule has 2 aromatic heterocycles. The molecule has 27 heavy (non-hydrogen) atoms. The van der Waals surface area contributed by atoms with Crippen molar-refractivity contribution in [3.05, 3.63) is 57.2 Å². The lowest BCUT2D eigenvalue weighted by Gasteiger charge is -2.06. The van der Waals surface area contributed by atoms with E-state index in [2.05, 4.69) is 23.9 Å². The molecule has 0 unspecified atom stereocenters. The number of ether oxygens (including phenoxy) is 2. The number of aromatic nitrogens is 3. The molecule has 0 saturated carbocycles. The Balaban J connectivity index is 1.59. The highest BCUT2D eigenvalue weighted by molar-refractivity contribution is 7.16. The molecule has 0 aliphatic heterocycles. The molecule has 2 heterocycles. The van der Waals surface area contributed by atoms with E-state index in [1.165, 1.54) is 46.2 Å². The summed E-state index contributed by atoms with van der Waals surface area (Å²) >= 11 is 1.34. The SMILES string of the molecule is CC(C)Cc1nn2c(=O)cc(COC(=O)COc3ccc(F)cc3)nc2s1. The summed E-state index contributed by atoms with van der Waals surface area (Å²) < 4.78 is 24.4. The monoisotopic (exact) mass is 391 g/mol. The van der Waals surface area contributed by atoms with E-state index in [-0.39, 0.29) is 18.8 Å². The predicted octanol–water partition coefficient (Wildman–Crippen LogP) is 2.61. The van der Waals surface area contributed by atoms with Crippen LogP contribution in [0.3, 0.4) is 0 Å². The maximum Gasteiger partial charge on any atom is 0.344 e. The molecule has 0 N–H and O–H groups in total. The quantitative estimate of drug-likeness (QED) is 0.576. The zero-order valence-electron chi connectivity index (χ0n) is 14.8. The van der Waals surface area contributed by atoms with Crippen LogP contribution in [0.15, 0.2) is 35.1 Å². The summed E-state index contributed by atoms with van der Waals surface area (Å²) in [4.78, 5) is 28.7. The third kappa shape index (κ3) is 5.10. The number of nitrogens with zero attached hydrogens (tertiary/aromatic N) is 3. The van der Waals surface area contributed by atoms with Crippen molar-refractivity contribution in [2.45, 2.75) is 26.9 Å². The zero-order valence-corrected chi connectivity index (χ0v) is 15.7. The Morgan fingerprint density at radius 2 is 2.04 bits per heavy atom. The molecule has 0 saturated heterocycles. The van der Waals surface area contributed by atoms with Crippen LogP contribution in [-0.2, 0) is 22.6 Å². The van der Waals surface area contributed by atoms with E-state index in [0.717, 1.165) is 11.4 Å². The van der Waals surface area contributed by atoms with Gasteiger partial charge in [0.15, 0.2) is 6.61 Å². The van der Waals surface area contributed by atoms with E-state index >= 15 is 0 Å². The van der Waals surface area contributed by atoms with Gasteiger partial charge in [-0.2, -0.15) is 9.61 Å². The van der Waals surface area contributed by atoms with Gasteiger partial charge >= 0.3 is 5.97 Å². The van der Waals surface area contributed by atoms with E-state index in [1.807, 2.05) is 0 Å².